The number of ether oxygens (including phenoxy) is 2. The molecule has 12 nitrogen and oxygen atoms in total. The fourth-order valence-corrected chi connectivity index (χ4v) is 4.26. The second-order valence-corrected chi connectivity index (χ2v) is 10.1. The minimum atomic E-state index is -1.40. The smallest absolute Gasteiger partial charge is 0.408 e. The van der Waals surface area contributed by atoms with Gasteiger partial charge in [0, 0.05) is 6.42 Å². The zero-order valence-corrected chi connectivity index (χ0v) is 24.8. The quantitative estimate of drug-likeness (QED) is 0.0901. The number of nitrogens with one attached hydrogen (secondary N) is 3. The van der Waals surface area contributed by atoms with Gasteiger partial charge < -0.3 is 35.4 Å². The molecular formula is C29H31IN4O8. The lowest BCUT2D eigenvalue weighted by atomic mass is 10.0. The Morgan fingerprint density at radius 3 is 2.33 bits per heavy atom. The molecule has 0 aliphatic carbocycles. The van der Waals surface area contributed by atoms with E-state index in [1.807, 2.05) is 28.7 Å². The van der Waals surface area contributed by atoms with E-state index in [1.54, 1.807) is 55.5 Å². The summed E-state index contributed by atoms with van der Waals surface area (Å²) in [6.45, 7) is 1.33. The number of hydrazone groups is 1. The highest BCUT2D eigenvalue weighted by atomic mass is 127. The lowest BCUT2D eigenvalue weighted by Gasteiger charge is -2.21. The summed E-state index contributed by atoms with van der Waals surface area (Å²) in [7, 11) is 0. The van der Waals surface area contributed by atoms with Crippen LogP contribution in [0.4, 0.5) is 4.79 Å². The van der Waals surface area contributed by atoms with Crippen molar-refractivity contribution in [3.63, 3.8) is 0 Å². The summed E-state index contributed by atoms with van der Waals surface area (Å²) in [5, 5.41) is 38.3. The normalized spacial score (nSPS) is 12.3. The second-order valence-electron chi connectivity index (χ2n) is 8.89. The minimum absolute atomic E-state index is 0.00805. The van der Waals surface area contributed by atoms with Gasteiger partial charge in [-0.05, 0) is 70.5 Å². The third-order valence-electron chi connectivity index (χ3n) is 5.75. The largest absolute Gasteiger partial charge is 0.508 e. The maximum Gasteiger partial charge on any atom is 0.408 e. The van der Waals surface area contributed by atoms with Gasteiger partial charge in [0.15, 0.2) is 11.5 Å². The Morgan fingerprint density at radius 1 is 0.952 bits per heavy atom. The van der Waals surface area contributed by atoms with Gasteiger partial charge in [-0.15, -0.1) is 0 Å². The number of alkyl carbamates (subject to hydrolysis) is 1. The summed E-state index contributed by atoms with van der Waals surface area (Å²) in [5.41, 5.74) is 4.27. The molecule has 0 aliphatic heterocycles. The standard InChI is InChI=1S/C29H31IN4O8/c1-2-41-25-14-20(12-22(30)26(25)37)15-31-34-28(39)23(13-18-8-10-21(36)11-9-18)32-27(38)24(16-35)33-29(40)42-17-19-6-4-3-5-7-19/h3-12,14-15,23-24,35-37H,2,13,16-17H2,1H3,(H,32,38)(H,33,40)(H,34,39)/b31-15-/t23-,24-/m0/s1. The summed E-state index contributed by atoms with van der Waals surface area (Å²) < 4.78 is 11.1. The van der Waals surface area contributed by atoms with Crippen molar-refractivity contribution in [3.8, 4) is 17.2 Å². The van der Waals surface area contributed by atoms with Gasteiger partial charge in [-0.1, -0.05) is 42.5 Å². The lowest BCUT2D eigenvalue weighted by Crippen LogP contribution is -2.55. The number of carbonyl (C=O) groups excluding carboxylic acids is 3. The number of halogens is 1. The first-order chi connectivity index (χ1) is 20.2. The first kappa shape index (κ1) is 32.1. The zero-order chi connectivity index (χ0) is 30.5. The molecule has 3 rings (SSSR count). The molecule has 0 bridgehead atoms. The Balaban J connectivity index is 1.68. The number of aliphatic hydroxyl groups excluding tert-OH is 1. The first-order valence-electron chi connectivity index (χ1n) is 12.8. The van der Waals surface area contributed by atoms with Crippen LogP contribution in [0, 0.1) is 3.57 Å². The van der Waals surface area contributed by atoms with E-state index in [1.165, 1.54) is 18.3 Å². The van der Waals surface area contributed by atoms with Crippen LogP contribution in [0.2, 0.25) is 0 Å². The van der Waals surface area contributed by atoms with E-state index in [0.717, 1.165) is 5.56 Å². The fraction of sp³-hybridized carbons (Fsp3) is 0.241. The zero-order valence-electron chi connectivity index (χ0n) is 22.6. The van der Waals surface area contributed by atoms with Crippen molar-refractivity contribution in [2.24, 2.45) is 5.10 Å². The summed E-state index contributed by atoms with van der Waals surface area (Å²) in [5.74, 6) is -1.23. The van der Waals surface area contributed by atoms with Crippen molar-refractivity contribution in [3.05, 3.63) is 87.0 Å². The second kappa shape index (κ2) is 16.2. The average molecular weight is 690 g/mol. The molecule has 3 aromatic rings. The van der Waals surface area contributed by atoms with E-state index < -0.39 is 36.6 Å². The van der Waals surface area contributed by atoms with Gasteiger partial charge in [0.05, 0.1) is 23.0 Å². The van der Waals surface area contributed by atoms with Gasteiger partial charge in [-0.3, -0.25) is 9.59 Å². The number of phenols is 2. The number of benzene rings is 3. The van der Waals surface area contributed by atoms with Crippen LogP contribution < -0.4 is 20.8 Å². The van der Waals surface area contributed by atoms with Crippen LogP contribution in [0.1, 0.15) is 23.6 Å². The third kappa shape index (κ3) is 9.92. The molecule has 42 heavy (non-hydrogen) atoms. The number of carbonyl (C=O) groups is 3. The lowest BCUT2D eigenvalue weighted by molar-refractivity contribution is -0.130. The van der Waals surface area contributed by atoms with E-state index >= 15 is 0 Å². The molecule has 0 saturated carbocycles. The van der Waals surface area contributed by atoms with Crippen molar-refractivity contribution >= 4 is 46.7 Å². The van der Waals surface area contributed by atoms with Gasteiger partial charge in [0.25, 0.3) is 5.91 Å². The highest BCUT2D eigenvalue weighted by Crippen LogP contribution is 2.32. The Hall–Kier alpha value is -4.37. The fourth-order valence-electron chi connectivity index (χ4n) is 3.63. The van der Waals surface area contributed by atoms with Crippen LogP contribution in [0.3, 0.4) is 0 Å². The van der Waals surface area contributed by atoms with Gasteiger partial charge in [0.2, 0.25) is 5.91 Å². The molecule has 222 valence electrons. The van der Waals surface area contributed by atoms with E-state index in [0.29, 0.717) is 21.3 Å². The number of nitrogens with zero attached hydrogens (tertiary/aromatic N) is 1. The number of amides is 3. The molecule has 6 N–H and O–H groups in total. The van der Waals surface area contributed by atoms with Crippen molar-refractivity contribution in [1.82, 2.24) is 16.1 Å². The van der Waals surface area contributed by atoms with Crippen LogP contribution in [-0.2, 0) is 27.4 Å². The Kier molecular flexibility index (Phi) is 12.4. The first-order valence-corrected chi connectivity index (χ1v) is 13.9. The van der Waals surface area contributed by atoms with Crippen LogP contribution in [0.15, 0.2) is 71.8 Å². The van der Waals surface area contributed by atoms with Gasteiger partial charge in [0.1, 0.15) is 24.4 Å². The highest BCUT2D eigenvalue weighted by molar-refractivity contribution is 14.1. The number of aromatic hydroxyl groups is 2. The molecule has 0 fully saturated rings. The molecule has 2 atom stereocenters. The third-order valence-corrected chi connectivity index (χ3v) is 6.57. The van der Waals surface area contributed by atoms with Crippen molar-refractivity contribution in [2.45, 2.75) is 32.0 Å². The van der Waals surface area contributed by atoms with Gasteiger partial charge >= 0.3 is 6.09 Å². The summed E-state index contributed by atoms with van der Waals surface area (Å²) in [4.78, 5) is 38.3. The molecule has 0 unspecified atom stereocenters. The molecule has 0 aliphatic rings. The van der Waals surface area contributed by atoms with E-state index in [2.05, 4.69) is 21.2 Å². The summed E-state index contributed by atoms with van der Waals surface area (Å²) in [6.07, 6.45) is 0.435. The predicted molar refractivity (Wildman–Crippen MR) is 162 cm³/mol. The number of rotatable bonds is 13. The maximum atomic E-state index is 13.1. The van der Waals surface area contributed by atoms with E-state index in [9.17, 15) is 29.7 Å². The Morgan fingerprint density at radius 2 is 1.67 bits per heavy atom. The van der Waals surface area contributed by atoms with Crippen molar-refractivity contribution in [1.29, 1.82) is 0 Å². The molecule has 0 heterocycles. The molecule has 0 radical (unpaired) electrons. The maximum absolute atomic E-state index is 13.1. The highest BCUT2D eigenvalue weighted by Gasteiger charge is 2.27. The van der Waals surface area contributed by atoms with E-state index in [-0.39, 0.29) is 30.3 Å². The van der Waals surface area contributed by atoms with E-state index in [4.69, 9.17) is 9.47 Å². The molecule has 3 amide bonds. The topological polar surface area (TPSA) is 179 Å². The number of hydrogen-bond donors (Lipinski definition) is 6. The number of aliphatic hydroxyl groups is 1. The van der Waals surface area contributed by atoms with Crippen LogP contribution in [0.25, 0.3) is 0 Å². The monoisotopic (exact) mass is 690 g/mol. The number of phenolic OH excluding ortho intramolecular Hbond substituents is 2. The summed E-state index contributed by atoms with van der Waals surface area (Å²) >= 11 is 1.94. The van der Waals surface area contributed by atoms with Crippen LogP contribution in [0.5, 0.6) is 17.2 Å². The summed E-state index contributed by atoms with van der Waals surface area (Å²) in [6, 6.07) is 15.6. The Bertz CT molecular complexity index is 1390. The molecule has 0 saturated heterocycles. The number of hydrogen-bond acceptors (Lipinski definition) is 9. The van der Waals surface area contributed by atoms with Crippen LogP contribution in [-0.4, -0.2) is 64.7 Å². The van der Waals surface area contributed by atoms with Crippen molar-refractivity contribution < 1.29 is 39.2 Å². The van der Waals surface area contributed by atoms with Gasteiger partial charge in [-0.25, -0.2) is 10.2 Å². The SMILES string of the molecule is CCOc1cc(/C=N\NC(=O)[C@H](Cc2ccc(O)cc2)NC(=O)[C@H](CO)NC(=O)OCc2ccccc2)cc(I)c1O. The molecular weight excluding hydrogens is 659 g/mol. The average Bonchev–Trinajstić information content (AvgIpc) is 2.98. The van der Waals surface area contributed by atoms with Gasteiger partial charge in [-0.2, -0.15) is 5.10 Å². The molecule has 0 spiro atoms. The van der Waals surface area contributed by atoms with Crippen molar-refractivity contribution in [2.75, 3.05) is 13.2 Å². The molecule has 13 heteroatoms. The molecule has 0 aromatic heterocycles. The Labute approximate surface area is 255 Å². The minimum Gasteiger partial charge on any atom is -0.508 e. The van der Waals surface area contributed by atoms with Crippen LogP contribution >= 0.6 is 22.6 Å². The predicted octanol–water partition coefficient (Wildman–Crippen LogP) is 2.57. The molecule has 3 aromatic carbocycles.